The summed E-state index contributed by atoms with van der Waals surface area (Å²) < 4.78 is 0. The molecule has 0 amide bonds. The van der Waals surface area contributed by atoms with Gasteiger partial charge in [-0.25, -0.2) is 4.85 Å². The Morgan fingerprint density at radius 1 is 0.352 bits per heavy atom. The van der Waals surface area contributed by atoms with Crippen LogP contribution >= 0.6 is 0 Å². The lowest BCUT2D eigenvalue weighted by Crippen LogP contribution is -1.93. The highest BCUT2D eigenvalue weighted by Crippen LogP contribution is 2.54. The van der Waals surface area contributed by atoms with Crippen molar-refractivity contribution < 1.29 is 0 Å². The number of fused-ring (bicyclic) bond motifs is 11. The predicted octanol–water partition coefficient (Wildman–Crippen LogP) is 14.5. The number of para-hydroxylation sites is 1. The second-order valence-electron chi connectivity index (χ2n) is 14.5. The van der Waals surface area contributed by atoms with Crippen LogP contribution in [0.25, 0.3) is 125 Å². The zero-order chi connectivity index (χ0) is 35.7. The zero-order valence-electron chi connectivity index (χ0n) is 28.9. The molecule has 2 aliphatic rings. The summed E-state index contributed by atoms with van der Waals surface area (Å²) in [5.41, 5.74) is 15.1. The molecule has 0 saturated carbocycles. The van der Waals surface area contributed by atoms with Gasteiger partial charge in [0, 0.05) is 5.56 Å². The maximum absolute atomic E-state index is 10.4. The van der Waals surface area contributed by atoms with Crippen molar-refractivity contribution in [3.05, 3.63) is 175 Å². The maximum atomic E-state index is 10.4. The fraction of sp³-hybridized carbons (Fsp3) is 0. The van der Waals surface area contributed by atoms with Crippen LogP contribution in [0.5, 0.6) is 0 Å². The van der Waals surface area contributed by atoms with Crippen molar-refractivity contribution >= 4 is 59.5 Å². The predicted molar refractivity (Wildman–Crippen MR) is 225 cm³/mol. The van der Waals surface area contributed by atoms with E-state index in [-0.39, 0.29) is 0 Å². The van der Waals surface area contributed by atoms with Crippen molar-refractivity contribution in [3.8, 4) is 72.8 Å². The highest BCUT2D eigenvalue weighted by atomic mass is 14.6. The van der Waals surface area contributed by atoms with E-state index < -0.39 is 0 Å². The Balaban J connectivity index is 1.30. The fourth-order valence-corrected chi connectivity index (χ4v) is 9.67. The summed E-state index contributed by atoms with van der Waals surface area (Å²) in [6.07, 6.45) is 0. The second-order valence-corrected chi connectivity index (χ2v) is 14.5. The molecule has 0 saturated heterocycles. The summed E-state index contributed by atoms with van der Waals surface area (Å²) in [5.74, 6) is 0. The summed E-state index contributed by atoms with van der Waals surface area (Å²) in [6.45, 7) is 8.19. The minimum absolute atomic E-state index is 0.635. The third-order valence-corrected chi connectivity index (χ3v) is 12.0. The molecule has 0 radical (unpaired) electrons. The van der Waals surface area contributed by atoms with Gasteiger partial charge in [-0.15, -0.1) is 0 Å². The molecule has 0 aromatic heterocycles. The summed E-state index contributed by atoms with van der Waals surface area (Å²) in [7, 11) is 0. The number of rotatable bonds is 2. The normalized spacial score (nSPS) is 12.0. The van der Waals surface area contributed by atoms with Gasteiger partial charge in [0.2, 0.25) is 0 Å². The summed E-state index contributed by atoms with van der Waals surface area (Å²) >= 11 is 0. The minimum atomic E-state index is 0.635. The average molecular weight is 679 g/mol. The van der Waals surface area contributed by atoms with Crippen molar-refractivity contribution in [1.29, 1.82) is 5.26 Å². The lowest BCUT2D eigenvalue weighted by Gasteiger charge is -2.19. The van der Waals surface area contributed by atoms with Crippen LogP contribution in [0.4, 0.5) is 5.69 Å². The summed E-state index contributed by atoms with van der Waals surface area (Å²) in [6, 6.07) is 59.0. The van der Waals surface area contributed by atoms with Gasteiger partial charge < -0.3 is 0 Å². The molecular formula is C52H26N2. The average Bonchev–Trinajstić information content (AvgIpc) is 3.72. The van der Waals surface area contributed by atoms with Crippen LogP contribution in [-0.4, -0.2) is 0 Å². The van der Waals surface area contributed by atoms with E-state index in [1.165, 1.54) is 66.1 Å². The first-order chi connectivity index (χ1) is 26.7. The molecule has 2 aliphatic carbocycles. The number of hydrogen-bond donors (Lipinski definition) is 0. The highest BCUT2D eigenvalue weighted by Gasteiger charge is 2.27. The first-order valence-corrected chi connectivity index (χ1v) is 18.3. The van der Waals surface area contributed by atoms with Gasteiger partial charge in [0.15, 0.2) is 5.69 Å². The van der Waals surface area contributed by atoms with Gasteiger partial charge in [-0.1, -0.05) is 115 Å². The number of benzene rings is 10. The minimum Gasteiger partial charge on any atom is -0.238 e. The van der Waals surface area contributed by atoms with Crippen molar-refractivity contribution in [1.82, 2.24) is 0 Å². The van der Waals surface area contributed by atoms with Crippen molar-refractivity contribution in [3.63, 3.8) is 0 Å². The molecular weight excluding hydrogens is 653 g/mol. The first kappa shape index (κ1) is 29.1. The van der Waals surface area contributed by atoms with Gasteiger partial charge in [-0.05, 0) is 158 Å². The van der Waals surface area contributed by atoms with Gasteiger partial charge in [0.05, 0.1) is 18.2 Å². The van der Waals surface area contributed by atoms with Crippen LogP contribution in [0.1, 0.15) is 5.56 Å². The van der Waals surface area contributed by atoms with E-state index in [1.807, 2.05) is 36.4 Å². The lowest BCUT2D eigenvalue weighted by molar-refractivity contribution is 1.48. The lowest BCUT2D eigenvalue weighted by atomic mass is 9.84. The first-order valence-electron chi connectivity index (χ1n) is 18.3. The number of nitrogens with zero attached hydrogens (tertiary/aromatic N) is 2. The summed E-state index contributed by atoms with van der Waals surface area (Å²) in [4.78, 5) is 4.02. The van der Waals surface area contributed by atoms with E-state index in [4.69, 9.17) is 6.57 Å². The largest absolute Gasteiger partial charge is 0.238 e. The van der Waals surface area contributed by atoms with Gasteiger partial charge >= 0.3 is 0 Å². The Kier molecular flexibility index (Phi) is 5.67. The molecule has 10 aromatic carbocycles. The monoisotopic (exact) mass is 678 g/mol. The number of nitriles is 1. The zero-order valence-corrected chi connectivity index (χ0v) is 28.9. The SMILES string of the molecule is [C-]#[N+]c1ccccc1-c1cc2c3cc4c(cc3c(-c3ccccc3C#N)cc2c2cc3c(cc12)-c1cccc2cccc-3c12)-c1cccc2cccc-4c12. The molecule has 10 aromatic rings. The smallest absolute Gasteiger partial charge is 0.194 e. The Hall–Kier alpha value is -7.52. The maximum Gasteiger partial charge on any atom is 0.194 e. The molecule has 244 valence electrons. The molecule has 0 unspecified atom stereocenters. The fourth-order valence-electron chi connectivity index (χ4n) is 9.67. The van der Waals surface area contributed by atoms with E-state index >= 15 is 0 Å². The third kappa shape index (κ3) is 3.71. The van der Waals surface area contributed by atoms with E-state index in [9.17, 15) is 5.26 Å². The topological polar surface area (TPSA) is 28.1 Å². The molecule has 0 N–H and O–H groups in total. The molecule has 0 spiro atoms. The Morgan fingerprint density at radius 3 is 1.20 bits per heavy atom. The van der Waals surface area contributed by atoms with Crippen molar-refractivity contribution in [2.45, 2.75) is 0 Å². The van der Waals surface area contributed by atoms with E-state index in [0.29, 0.717) is 11.3 Å². The molecule has 12 rings (SSSR count). The van der Waals surface area contributed by atoms with Crippen LogP contribution in [0.15, 0.2) is 158 Å². The Labute approximate surface area is 311 Å². The molecule has 0 aliphatic heterocycles. The standard InChI is InChI=1S/C52H26N2/c1-54-50-21-5-4-16-33(50)39-23-47-46(49-27-43-37-20-9-14-30-12-7-18-35(52(30)37)41(43)25-45(39)49)22-38(32-15-3-2-10-31(32)28-53)44-24-40-34-17-6-11-29-13-8-19-36(51(29)34)42(40)26-48(44)47/h2-27H. The Morgan fingerprint density at radius 2 is 0.722 bits per heavy atom. The van der Waals surface area contributed by atoms with E-state index in [1.54, 1.807) is 0 Å². The summed E-state index contributed by atoms with van der Waals surface area (Å²) in [5, 5.41) is 22.2. The van der Waals surface area contributed by atoms with Gasteiger partial charge in [-0.3, -0.25) is 0 Å². The molecule has 2 nitrogen and oxygen atoms in total. The van der Waals surface area contributed by atoms with Crippen molar-refractivity contribution in [2.24, 2.45) is 0 Å². The second kappa shape index (κ2) is 10.5. The van der Waals surface area contributed by atoms with Gasteiger partial charge in [0.1, 0.15) is 0 Å². The van der Waals surface area contributed by atoms with Crippen LogP contribution in [0, 0.1) is 17.9 Å². The van der Waals surface area contributed by atoms with E-state index in [0.717, 1.165) is 54.6 Å². The van der Waals surface area contributed by atoms with Crippen LogP contribution in [0.2, 0.25) is 0 Å². The molecule has 54 heavy (non-hydrogen) atoms. The van der Waals surface area contributed by atoms with E-state index in [2.05, 4.69) is 132 Å². The van der Waals surface area contributed by atoms with Crippen molar-refractivity contribution in [2.75, 3.05) is 0 Å². The molecule has 0 bridgehead atoms. The molecule has 0 fully saturated rings. The quantitative estimate of drug-likeness (QED) is 0.132. The van der Waals surface area contributed by atoms with Gasteiger partial charge in [-0.2, -0.15) is 5.26 Å². The molecule has 0 atom stereocenters. The third-order valence-electron chi connectivity index (χ3n) is 12.0. The van der Waals surface area contributed by atoms with Crippen LogP contribution in [-0.2, 0) is 0 Å². The number of hydrogen-bond acceptors (Lipinski definition) is 1. The van der Waals surface area contributed by atoms with Crippen LogP contribution in [0.3, 0.4) is 0 Å². The van der Waals surface area contributed by atoms with Gasteiger partial charge in [0.25, 0.3) is 0 Å². The Bertz CT molecular complexity index is 3220. The van der Waals surface area contributed by atoms with Crippen LogP contribution < -0.4 is 0 Å². The molecule has 2 heteroatoms. The molecule has 0 heterocycles. The highest BCUT2D eigenvalue weighted by molar-refractivity contribution is 6.29.